The second-order valence-electron chi connectivity index (χ2n) is 9.36. The van der Waals surface area contributed by atoms with E-state index in [0.717, 1.165) is 36.6 Å². The molecule has 39 heavy (non-hydrogen) atoms. The summed E-state index contributed by atoms with van der Waals surface area (Å²) in [6.07, 6.45) is 6.47. The number of rotatable bonds is 7. The molecule has 1 heterocycles. The number of hydrogen-bond donors (Lipinski definition) is 0. The Kier molecular flexibility index (Phi) is 7.79. The highest BCUT2D eigenvalue weighted by molar-refractivity contribution is 9.10. The third-order valence-corrected chi connectivity index (χ3v) is 7.33. The van der Waals surface area contributed by atoms with Crippen LogP contribution in [0.1, 0.15) is 60.5 Å². The molecule has 0 amide bonds. The van der Waals surface area contributed by atoms with Gasteiger partial charge in [0.1, 0.15) is 18.2 Å². The normalized spacial score (nSPS) is 13.9. The zero-order chi connectivity index (χ0) is 27.4. The molecule has 1 aliphatic rings. The number of hydrogen-bond acceptors (Lipinski definition) is 7. The first-order valence-corrected chi connectivity index (χ1v) is 13.4. The lowest BCUT2D eigenvalue weighted by atomic mass is 9.88. The Balaban J connectivity index is 1.58. The monoisotopic (exact) mass is 585 g/mol. The van der Waals surface area contributed by atoms with Crippen molar-refractivity contribution >= 4 is 38.7 Å². The molecule has 9 nitrogen and oxygen atoms in total. The van der Waals surface area contributed by atoms with Gasteiger partial charge in [0.05, 0.1) is 33.7 Å². The van der Waals surface area contributed by atoms with Crippen LogP contribution in [-0.2, 0) is 6.61 Å². The standard InChI is InChI=1S/C29H24BrN5O4/c30-23-10-12-26-25(15-23)29(36)34(28(33-26)19-6-2-1-3-7-19)32-17-22-14-24(35(37)38)11-13-27(22)39-18-21-9-5-4-8-20(21)16-31/h4-5,8-15,17,19H,1-3,6-7,18H2. The molecule has 0 spiro atoms. The van der Waals surface area contributed by atoms with Gasteiger partial charge in [0.15, 0.2) is 0 Å². The van der Waals surface area contributed by atoms with E-state index in [4.69, 9.17) is 9.72 Å². The Morgan fingerprint density at radius 2 is 1.95 bits per heavy atom. The van der Waals surface area contributed by atoms with Crippen molar-refractivity contribution in [3.8, 4) is 11.8 Å². The van der Waals surface area contributed by atoms with Crippen LogP contribution in [0, 0.1) is 21.4 Å². The van der Waals surface area contributed by atoms with Gasteiger partial charge in [-0.3, -0.25) is 14.9 Å². The molecule has 3 aromatic carbocycles. The second kappa shape index (κ2) is 11.6. The Morgan fingerprint density at radius 3 is 2.72 bits per heavy atom. The van der Waals surface area contributed by atoms with Gasteiger partial charge in [-0.05, 0) is 43.2 Å². The minimum absolute atomic E-state index is 0.0833. The summed E-state index contributed by atoms with van der Waals surface area (Å²) in [5.41, 5.74) is 1.64. The third-order valence-electron chi connectivity index (χ3n) is 6.84. The number of aromatic nitrogens is 2. The number of non-ortho nitro benzene ring substituents is 1. The lowest BCUT2D eigenvalue weighted by Crippen LogP contribution is -2.25. The van der Waals surface area contributed by atoms with Gasteiger partial charge in [0.25, 0.3) is 11.2 Å². The Hall–Kier alpha value is -4.36. The van der Waals surface area contributed by atoms with Crippen LogP contribution in [0.4, 0.5) is 5.69 Å². The van der Waals surface area contributed by atoms with Gasteiger partial charge >= 0.3 is 0 Å². The smallest absolute Gasteiger partial charge is 0.282 e. The van der Waals surface area contributed by atoms with Gasteiger partial charge in [-0.15, -0.1) is 0 Å². The minimum Gasteiger partial charge on any atom is -0.488 e. The van der Waals surface area contributed by atoms with Crippen molar-refractivity contribution in [3.63, 3.8) is 0 Å². The summed E-state index contributed by atoms with van der Waals surface area (Å²) in [6.45, 7) is 0.0845. The van der Waals surface area contributed by atoms with E-state index in [-0.39, 0.29) is 23.8 Å². The number of ether oxygens (including phenoxy) is 1. The molecular weight excluding hydrogens is 562 g/mol. The predicted molar refractivity (Wildman–Crippen MR) is 151 cm³/mol. The molecule has 0 N–H and O–H groups in total. The van der Waals surface area contributed by atoms with E-state index in [1.165, 1.54) is 29.1 Å². The van der Waals surface area contributed by atoms with Gasteiger partial charge in [-0.1, -0.05) is 53.4 Å². The van der Waals surface area contributed by atoms with Gasteiger partial charge in [-0.25, -0.2) is 4.98 Å². The zero-order valence-electron chi connectivity index (χ0n) is 20.9. The molecule has 0 unspecified atom stereocenters. The van der Waals surface area contributed by atoms with E-state index in [1.807, 2.05) is 18.2 Å². The molecule has 5 rings (SSSR count). The summed E-state index contributed by atoms with van der Waals surface area (Å²) in [7, 11) is 0. The summed E-state index contributed by atoms with van der Waals surface area (Å²) >= 11 is 3.42. The number of nitriles is 1. The summed E-state index contributed by atoms with van der Waals surface area (Å²) in [6, 6.07) is 18.8. The summed E-state index contributed by atoms with van der Waals surface area (Å²) in [4.78, 5) is 29.5. The first-order valence-electron chi connectivity index (χ1n) is 12.6. The molecular formula is C29H24BrN5O4. The molecule has 0 atom stereocenters. The predicted octanol–water partition coefficient (Wildman–Crippen LogP) is 6.45. The Bertz CT molecular complexity index is 1690. The van der Waals surface area contributed by atoms with Crippen molar-refractivity contribution in [3.05, 3.63) is 108 Å². The molecule has 1 fully saturated rings. The second-order valence-corrected chi connectivity index (χ2v) is 10.3. The number of halogens is 1. The van der Waals surface area contributed by atoms with Gasteiger partial charge < -0.3 is 4.74 Å². The number of fused-ring (bicyclic) bond motifs is 1. The molecule has 0 radical (unpaired) electrons. The van der Waals surface area contributed by atoms with Crippen LogP contribution >= 0.6 is 15.9 Å². The quantitative estimate of drug-likeness (QED) is 0.139. The maximum Gasteiger partial charge on any atom is 0.282 e. The van der Waals surface area contributed by atoms with Crippen LogP contribution in [0.5, 0.6) is 5.75 Å². The molecule has 10 heteroatoms. The maximum atomic E-state index is 13.6. The van der Waals surface area contributed by atoms with E-state index in [9.17, 15) is 20.2 Å². The first-order chi connectivity index (χ1) is 18.9. The van der Waals surface area contributed by atoms with Crippen LogP contribution in [0.25, 0.3) is 10.9 Å². The van der Waals surface area contributed by atoms with Crippen LogP contribution < -0.4 is 10.3 Å². The van der Waals surface area contributed by atoms with E-state index >= 15 is 0 Å². The van der Waals surface area contributed by atoms with E-state index in [1.54, 1.807) is 24.3 Å². The van der Waals surface area contributed by atoms with Crippen molar-refractivity contribution in [2.75, 3.05) is 0 Å². The van der Waals surface area contributed by atoms with Crippen molar-refractivity contribution in [2.24, 2.45) is 5.10 Å². The molecule has 0 saturated heterocycles. The first kappa shape index (κ1) is 26.3. The highest BCUT2D eigenvalue weighted by Gasteiger charge is 2.23. The molecule has 196 valence electrons. The number of nitrogens with zero attached hydrogens (tertiary/aromatic N) is 5. The Labute approximate surface area is 232 Å². The van der Waals surface area contributed by atoms with Crippen LogP contribution in [0.15, 0.2) is 75.0 Å². The fourth-order valence-corrected chi connectivity index (χ4v) is 5.18. The van der Waals surface area contributed by atoms with Gasteiger partial charge in [-0.2, -0.15) is 15.0 Å². The lowest BCUT2D eigenvalue weighted by Gasteiger charge is -2.22. The Morgan fingerprint density at radius 1 is 1.15 bits per heavy atom. The summed E-state index contributed by atoms with van der Waals surface area (Å²) in [5, 5.41) is 25.8. The van der Waals surface area contributed by atoms with Crippen LogP contribution in [0.3, 0.4) is 0 Å². The summed E-state index contributed by atoms with van der Waals surface area (Å²) in [5.74, 6) is 1.00. The molecule has 0 aliphatic heterocycles. The lowest BCUT2D eigenvalue weighted by molar-refractivity contribution is -0.384. The minimum atomic E-state index is -0.499. The highest BCUT2D eigenvalue weighted by Crippen LogP contribution is 2.32. The molecule has 4 aromatic rings. The number of benzene rings is 3. The summed E-state index contributed by atoms with van der Waals surface area (Å²) < 4.78 is 8.05. The van der Waals surface area contributed by atoms with Crippen LogP contribution in [0.2, 0.25) is 0 Å². The molecule has 0 bridgehead atoms. The van der Waals surface area contributed by atoms with E-state index in [0.29, 0.717) is 39.2 Å². The van der Waals surface area contributed by atoms with Crippen molar-refractivity contribution in [1.29, 1.82) is 5.26 Å². The third kappa shape index (κ3) is 5.73. The van der Waals surface area contributed by atoms with Crippen LogP contribution in [-0.4, -0.2) is 20.8 Å². The van der Waals surface area contributed by atoms with Crippen molar-refractivity contribution < 1.29 is 9.66 Å². The molecule has 1 aliphatic carbocycles. The molecule has 1 aromatic heterocycles. The average molecular weight is 586 g/mol. The van der Waals surface area contributed by atoms with E-state index < -0.39 is 4.92 Å². The fraction of sp³-hybridized carbons (Fsp3) is 0.241. The van der Waals surface area contributed by atoms with Gasteiger partial charge in [0.2, 0.25) is 0 Å². The molecule has 1 saturated carbocycles. The largest absolute Gasteiger partial charge is 0.488 e. The van der Waals surface area contributed by atoms with E-state index in [2.05, 4.69) is 27.1 Å². The SMILES string of the molecule is N#Cc1ccccc1COc1ccc([N+](=O)[O-])cc1C=Nn1c(C2CCCCC2)nc2ccc(Br)cc2c1=O. The maximum absolute atomic E-state index is 13.6. The van der Waals surface area contributed by atoms with Crippen molar-refractivity contribution in [2.45, 2.75) is 44.6 Å². The number of nitro benzene ring substituents is 1. The fourth-order valence-electron chi connectivity index (χ4n) is 4.81. The average Bonchev–Trinajstić information content (AvgIpc) is 2.96. The van der Waals surface area contributed by atoms with Gasteiger partial charge in [0, 0.05) is 33.7 Å². The zero-order valence-corrected chi connectivity index (χ0v) is 22.5. The number of nitro groups is 1. The van der Waals surface area contributed by atoms with Crippen molar-refractivity contribution in [1.82, 2.24) is 9.66 Å². The topological polar surface area (TPSA) is 123 Å². The highest BCUT2D eigenvalue weighted by atomic mass is 79.9.